The van der Waals surface area contributed by atoms with Crippen LogP contribution >= 0.6 is 15.9 Å². The number of hydrogen-bond donors (Lipinski definition) is 2. The lowest BCUT2D eigenvalue weighted by Gasteiger charge is -2.09. The van der Waals surface area contributed by atoms with Gasteiger partial charge in [0.05, 0.1) is 0 Å². The van der Waals surface area contributed by atoms with Gasteiger partial charge in [0.2, 0.25) is 0 Å². The number of nitrogens with one attached hydrogen (secondary N) is 1. The fraction of sp³-hybridized carbons (Fsp3) is 0.105. The van der Waals surface area contributed by atoms with E-state index in [1.165, 1.54) is 0 Å². The third-order valence-electron chi connectivity index (χ3n) is 3.91. The molecular formula is C19H17BrN2O2. The van der Waals surface area contributed by atoms with E-state index in [0.29, 0.717) is 17.1 Å². The Morgan fingerprint density at radius 1 is 1.12 bits per heavy atom. The Balaban J connectivity index is 1.85. The predicted molar refractivity (Wildman–Crippen MR) is 100 cm³/mol. The topological polar surface area (TPSA) is 68.3 Å². The van der Waals surface area contributed by atoms with Crippen molar-refractivity contribution in [2.75, 3.05) is 11.1 Å². The predicted octanol–water partition coefficient (Wildman–Crippen LogP) is 5.16. The van der Waals surface area contributed by atoms with Gasteiger partial charge in [0, 0.05) is 21.4 Å². The van der Waals surface area contributed by atoms with Crippen LogP contribution in [-0.2, 0) is 0 Å². The summed E-state index contributed by atoms with van der Waals surface area (Å²) in [5.41, 5.74) is 10.0. The number of hydrogen-bond acceptors (Lipinski definition) is 3. The molecule has 0 fully saturated rings. The number of aryl methyl sites for hydroxylation is 1. The molecule has 0 unspecified atom stereocenters. The van der Waals surface area contributed by atoms with Gasteiger partial charge in [-0.25, -0.2) is 0 Å². The van der Waals surface area contributed by atoms with Gasteiger partial charge in [0.15, 0.2) is 5.76 Å². The summed E-state index contributed by atoms with van der Waals surface area (Å²) < 4.78 is 6.74. The number of carbonyl (C=O) groups excluding carboxylic acids is 1. The minimum absolute atomic E-state index is 0.258. The van der Waals surface area contributed by atoms with Crippen LogP contribution in [0.4, 0.5) is 11.4 Å². The van der Waals surface area contributed by atoms with Gasteiger partial charge in [-0.3, -0.25) is 4.79 Å². The third-order valence-corrected chi connectivity index (χ3v) is 4.40. The molecule has 0 saturated heterocycles. The van der Waals surface area contributed by atoms with Crippen molar-refractivity contribution >= 4 is 33.2 Å². The highest BCUT2D eigenvalue weighted by atomic mass is 79.9. The van der Waals surface area contributed by atoms with Gasteiger partial charge in [-0.2, -0.15) is 0 Å². The van der Waals surface area contributed by atoms with Crippen molar-refractivity contribution in [3.63, 3.8) is 0 Å². The average Bonchev–Trinajstić information content (AvgIpc) is 3.01. The van der Waals surface area contributed by atoms with E-state index in [1.54, 1.807) is 24.3 Å². The second-order valence-electron chi connectivity index (χ2n) is 5.60. The van der Waals surface area contributed by atoms with E-state index in [9.17, 15) is 4.79 Å². The molecule has 0 saturated carbocycles. The summed E-state index contributed by atoms with van der Waals surface area (Å²) in [4.78, 5) is 12.4. The summed E-state index contributed by atoms with van der Waals surface area (Å²) >= 11 is 3.44. The maximum absolute atomic E-state index is 12.4. The number of furan rings is 1. The molecule has 3 N–H and O–H groups in total. The largest absolute Gasteiger partial charge is 0.451 e. The molecule has 24 heavy (non-hydrogen) atoms. The van der Waals surface area contributed by atoms with Crippen LogP contribution in [-0.4, -0.2) is 5.91 Å². The normalized spacial score (nSPS) is 10.6. The van der Waals surface area contributed by atoms with E-state index in [-0.39, 0.29) is 11.7 Å². The van der Waals surface area contributed by atoms with Crippen molar-refractivity contribution in [3.05, 3.63) is 69.9 Å². The summed E-state index contributed by atoms with van der Waals surface area (Å²) in [7, 11) is 0. The van der Waals surface area contributed by atoms with Crippen LogP contribution in [0.15, 0.2) is 57.4 Å². The van der Waals surface area contributed by atoms with Gasteiger partial charge in [0.25, 0.3) is 5.91 Å². The quantitative estimate of drug-likeness (QED) is 0.612. The summed E-state index contributed by atoms with van der Waals surface area (Å²) in [6, 6.07) is 14.8. The number of halogens is 1. The lowest BCUT2D eigenvalue weighted by molar-refractivity contribution is 0.0997. The standard InChI is InChI=1S/C19H17BrN2O2/c1-11-10-13(20)6-7-14(11)17-8-9-18(24-17)19(23)22-16-5-3-4-15(21)12(16)2/h3-10H,21H2,1-2H3,(H,22,23). The molecule has 0 aliphatic rings. The Morgan fingerprint density at radius 3 is 2.67 bits per heavy atom. The number of benzene rings is 2. The van der Waals surface area contributed by atoms with Gasteiger partial charge < -0.3 is 15.5 Å². The van der Waals surface area contributed by atoms with E-state index >= 15 is 0 Å². The number of anilines is 2. The van der Waals surface area contributed by atoms with Crippen molar-refractivity contribution in [3.8, 4) is 11.3 Å². The highest BCUT2D eigenvalue weighted by molar-refractivity contribution is 9.10. The van der Waals surface area contributed by atoms with E-state index in [0.717, 1.165) is 21.2 Å². The number of nitrogens with two attached hydrogens (primary N) is 1. The zero-order valence-corrected chi connectivity index (χ0v) is 15.0. The monoisotopic (exact) mass is 384 g/mol. The van der Waals surface area contributed by atoms with E-state index in [1.807, 2.05) is 38.1 Å². The Morgan fingerprint density at radius 2 is 1.92 bits per heavy atom. The van der Waals surface area contributed by atoms with Gasteiger partial charge in [-0.05, 0) is 67.4 Å². The highest BCUT2D eigenvalue weighted by Crippen LogP contribution is 2.28. The van der Waals surface area contributed by atoms with E-state index in [4.69, 9.17) is 10.2 Å². The molecule has 0 bridgehead atoms. The molecule has 0 spiro atoms. The van der Waals surface area contributed by atoms with Gasteiger partial charge in [-0.1, -0.05) is 22.0 Å². The number of amides is 1. The lowest BCUT2D eigenvalue weighted by atomic mass is 10.1. The molecule has 0 aliphatic heterocycles. The molecule has 122 valence electrons. The van der Waals surface area contributed by atoms with Gasteiger partial charge >= 0.3 is 0 Å². The van der Waals surface area contributed by atoms with Crippen LogP contribution in [0.2, 0.25) is 0 Å². The average molecular weight is 385 g/mol. The van der Waals surface area contributed by atoms with Crippen LogP contribution in [0.5, 0.6) is 0 Å². The molecule has 5 heteroatoms. The first-order chi connectivity index (χ1) is 11.5. The summed E-state index contributed by atoms with van der Waals surface area (Å²) in [5.74, 6) is 0.619. The Hall–Kier alpha value is -2.53. The molecule has 0 atom stereocenters. The molecule has 0 radical (unpaired) electrons. The van der Waals surface area contributed by atoms with Gasteiger partial charge in [-0.15, -0.1) is 0 Å². The van der Waals surface area contributed by atoms with Crippen molar-refractivity contribution in [2.45, 2.75) is 13.8 Å². The molecule has 1 amide bonds. The van der Waals surface area contributed by atoms with Crippen LogP contribution in [0.3, 0.4) is 0 Å². The van der Waals surface area contributed by atoms with Crippen LogP contribution in [0.1, 0.15) is 21.7 Å². The Labute approximate surface area is 148 Å². The summed E-state index contributed by atoms with van der Waals surface area (Å²) in [5, 5.41) is 2.84. The number of carbonyl (C=O) groups is 1. The fourth-order valence-corrected chi connectivity index (χ4v) is 2.96. The van der Waals surface area contributed by atoms with Crippen molar-refractivity contribution in [1.82, 2.24) is 0 Å². The summed E-state index contributed by atoms with van der Waals surface area (Å²) in [6.45, 7) is 3.86. The molecule has 1 aromatic heterocycles. The minimum atomic E-state index is -0.301. The number of nitrogen functional groups attached to an aromatic ring is 1. The first-order valence-corrected chi connectivity index (χ1v) is 8.28. The van der Waals surface area contributed by atoms with Crippen molar-refractivity contribution in [1.29, 1.82) is 0 Å². The second kappa shape index (κ2) is 6.53. The second-order valence-corrected chi connectivity index (χ2v) is 6.51. The molecular weight excluding hydrogens is 368 g/mol. The molecule has 1 heterocycles. The van der Waals surface area contributed by atoms with Crippen molar-refractivity contribution in [2.24, 2.45) is 0 Å². The zero-order valence-electron chi connectivity index (χ0n) is 13.4. The summed E-state index contributed by atoms with van der Waals surface area (Å²) in [6.07, 6.45) is 0. The van der Waals surface area contributed by atoms with Crippen LogP contribution in [0.25, 0.3) is 11.3 Å². The minimum Gasteiger partial charge on any atom is -0.451 e. The zero-order chi connectivity index (χ0) is 17.3. The molecule has 3 rings (SSSR count). The molecule has 0 aliphatic carbocycles. The third kappa shape index (κ3) is 3.21. The highest BCUT2D eigenvalue weighted by Gasteiger charge is 2.15. The molecule has 2 aromatic carbocycles. The smallest absolute Gasteiger partial charge is 0.291 e. The Kier molecular flexibility index (Phi) is 4.44. The number of rotatable bonds is 3. The first kappa shape index (κ1) is 16.3. The van der Waals surface area contributed by atoms with E-state index < -0.39 is 0 Å². The van der Waals surface area contributed by atoms with Gasteiger partial charge in [0.1, 0.15) is 5.76 Å². The van der Waals surface area contributed by atoms with Crippen LogP contribution < -0.4 is 11.1 Å². The van der Waals surface area contributed by atoms with Crippen LogP contribution in [0, 0.1) is 13.8 Å². The maximum atomic E-state index is 12.4. The lowest BCUT2D eigenvalue weighted by Crippen LogP contribution is -2.12. The van der Waals surface area contributed by atoms with Crippen molar-refractivity contribution < 1.29 is 9.21 Å². The molecule has 4 nitrogen and oxygen atoms in total. The molecule has 3 aromatic rings. The first-order valence-electron chi connectivity index (χ1n) is 7.48. The maximum Gasteiger partial charge on any atom is 0.291 e. The Bertz CT molecular complexity index is 915. The fourth-order valence-electron chi connectivity index (χ4n) is 2.48. The van der Waals surface area contributed by atoms with E-state index in [2.05, 4.69) is 21.2 Å². The SMILES string of the molecule is Cc1cc(Br)ccc1-c1ccc(C(=O)Nc2cccc(N)c2C)o1.